The second-order valence-electron chi connectivity index (χ2n) is 12.5. The fourth-order valence-electron chi connectivity index (χ4n) is 6.97. The third-order valence-electron chi connectivity index (χ3n) is 9.60. The van der Waals surface area contributed by atoms with E-state index in [0.29, 0.717) is 35.3 Å². The molecule has 0 aliphatic carbocycles. The summed E-state index contributed by atoms with van der Waals surface area (Å²) in [5.74, 6) is -1.27. The number of aromatic nitrogens is 2. The number of hydrogen-bond acceptors (Lipinski definition) is 5. The second kappa shape index (κ2) is 12.7. The molecule has 0 radical (unpaired) electrons. The highest BCUT2D eigenvalue weighted by atomic mass is 79.9. The van der Waals surface area contributed by atoms with Gasteiger partial charge in [-0.15, -0.1) is 0 Å². The maximum atomic E-state index is 14.2. The number of fused-ring (bicyclic) bond motifs is 3. The van der Waals surface area contributed by atoms with Gasteiger partial charge < -0.3 is 20.0 Å². The number of anilines is 1. The number of H-pyrrole nitrogens is 1. The van der Waals surface area contributed by atoms with Crippen LogP contribution in [0, 0.1) is 5.92 Å². The predicted molar refractivity (Wildman–Crippen MR) is 188 cm³/mol. The van der Waals surface area contributed by atoms with Gasteiger partial charge in [0.1, 0.15) is 0 Å². The van der Waals surface area contributed by atoms with Crippen LogP contribution < -0.4 is 10.5 Å². The Labute approximate surface area is 285 Å². The molecule has 3 heterocycles. The number of aliphatic hydroxyl groups excluding tert-OH is 1. The van der Waals surface area contributed by atoms with Crippen molar-refractivity contribution >= 4 is 44.3 Å². The number of hydrogen-bond donors (Lipinski definition) is 3. The van der Waals surface area contributed by atoms with Gasteiger partial charge in [-0.1, -0.05) is 83.5 Å². The lowest BCUT2D eigenvalue weighted by molar-refractivity contribution is -0.139. The number of aliphatic hydroxyl groups is 2. The van der Waals surface area contributed by atoms with Gasteiger partial charge in [0, 0.05) is 28.9 Å². The Morgan fingerprint density at radius 1 is 1.02 bits per heavy atom. The van der Waals surface area contributed by atoms with E-state index in [0.717, 1.165) is 26.7 Å². The van der Waals surface area contributed by atoms with Gasteiger partial charge in [0.25, 0.3) is 11.5 Å². The van der Waals surface area contributed by atoms with Gasteiger partial charge in [-0.2, -0.15) is 0 Å². The first kappa shape index (κ1) is 31.8. The van der Waals surface area contributed by atoms with Gasteiger partial charge in [-0.25, -0.2) is 4.68 Å². The molecule has 2 amide bonds. The number of carbonyl (C=O) groups excluding carboxylic acids is 2. The van der Waals surface area contributed by atoms with E-state index in [-0.39, 0.29) is 37.1 Å². The Hall–Kier alpha value is -4.77. The van der Waals surface area contributed by atoms with Crippen LogP contribution in [0.1, 0.15) is 35.6 Å². The van der Waals surface area contributed by atoms with Crippen LogP contribution in [0.3, 0.4) is 0 Å². The topological polar surface area (TPSA) is 119 Å². The largest absolute Gasteiger partial charge is 0.394 e. The number of nitrogens with one attached hydrogen (secondary N) is 1. The molecule has 10 heteroatoms. The molecule has 2 aliphatic rings. The van der Waals surface area contributed by atoms with Crippen LogP contribution in [0.25, 0.3) is 16.6 Å². The van der Waals surface area contributed by atoms with Crippen molar-refractivity contribution in [3.63, 3.8) is 0 Å². The minimum absolute atomic E-state index is 0.0717. The highest BCUT2D eigenvalue weighted by Gasteiger charge is 2.52. The predicted octanol–water partition coefficient (Wildman–Crippen LogP) is 5.34. The molecule has 2 aliphatic heterocycles. The summed E-state index contributed by atoms with van der Waals surface area (Å²) >= 11 is 3.50. The first-order valence-electron chi connectivity index (χ1n) is 16.0. The highest BCUT2D eigenvalue weighted by molar-refractivity contribution is 9.10. The number of rotatable bonds is 8. The Balaban J connectivity index is 1.12. The first-order valence-corrected chi connectivity index (χ1v) is 16.8. The minimum atomic E-state index is -1.87. The quantitative estimate of drug-likeness (QED) is 0.188. The van der Waals surface area contributed by atoms with Crippen molar-refractivity contribution in [2.75, 3.05) is 11.5 Å². The Bertz CT molecular complexity index is 2140. The summed E-state index contributed by atoms with van der Waals surface area (Å²) in [5, 5.41) is 25.9. The van der Waals surface area contributed by atoms with Crippen molar-refractivity contribution in [2.24, 2.45) is 5.92 Å². The number of para-hydroxylation sites is 1. The van der Waals surface area contributed by atoms with Crippen LogP contribution in [0.15, 0.2) is 112 Å². The molecule has 5 aromatic rings. The van der Waals surface area contributed by atoms with E-state index in [1.165, 1.54) is 4.68 Å². The molecular weight excluding hydrogens is 672 g/mol. The molecule has 0 spiro atoms. The Kier molecular flexibility index (Phi) is 8.41. The molecular formula is C38H35BrN4O5. The van der Waals surface area contributed by atoms with Crippen LogP contribution in [-0.2, 0) is 34.7 Å². The van der Waals surface area contributed by atoms with E-state index < -0.39 is 17.4 Å². The first-order chi connectivity index (χ1) is 23.2. The van der Waals surface area contributed by atoms with Crippen molar-refractivity contribution in [1.82, 2.24) is 14.7 Å². The summed E-state index contributed by atoms with van der Waals surface area (Å²) in [6.45, 7) is 2.24. The molecule has 9 nitrogen and oxygen atoms in total. The Morgan fingerprint density at radius 2 is 1.79 bits per heavy atom. The third kappa shape index (κ3) is 5.49. The molecule has 4 aromatic carbocycles. The van der Waals surface area contributed by atoms with Crippen molar-refractivity contribution in [2.45, 2.75) is 44.5 Å². The zero-order chi connectivity index (χ0) is 33.6. The van der Waals surface area contributed by atoms with E-state index in [1.807, 2.05) is 78.9 Å². The molecule has 3 atom stereocenters. The van der Waals surface area contributed by atoms with E-state index in [1.54, 1.807) is 41.0 Å². The van der Waals surface area contributed by atoms with E-state index in [9.17, 15) is 24.6 Å². The van der Waals surface area contributed by atoms with Gasteiger partial charge in [0.05, 0.1) is 41.5 Å². The molecule has 7 rings (SSSR count). The lowest BCUT2D eigenvalue weighted by Gasteiger charge is -2.36. The summed E-state index contributed by atoms with van der Waals surface area (Å²) in [7, 11) is 0. The number of nitrogens with zero attached hydrogens (tertiary/aromatic N) is 3. The summed E-state index contributed by atoms with van der Waals surface area (Å²) in [5.41, 5.74) is 3.37. The molecule has 0 unspecified atom stereocenters. The van der Waals surface area contributed by atoms with Crippen molar-refractivity contribution in [3.8, 4) is 5.69 Å². The van der Waals surface area contributed by atoms with Crippen LogP contribution in [-0.4, -0.2) is 49.4 Å². The maximum absolute atomic E-state index is 14.2. The summed E-state index contributed by atoms with van der Waals surface area (Å²) in [6.07, 6.45) is 4.09. The number of aromatic amines is 1. The average Bonchev–Trinajstić information content (AvgIpc) is 3.55. The number of carbonyl (C=O) groups is 2. The SMILES string of the molecule is C[C@@H](/C=C/CC(=O)N1Cc2ccccc2C[C@H]1CO)[C@]1(O)C(=O)N(Cc2cccc(-n3[nH]c4ccccc4c3=O)c2)c2ccc(Br)cc21. The minimum Gasteiger partial charge on any atom is -0.394 e. The fraction of sp³-hybridized carbons (Fsp3) is 0.237. The summed E-state index contributed by atoms with van der Waals surface area (Å²) < 4.78 is 2.21. The zero-order valence-electron chi connectivity index (χ0n) is 26.3. The third-order valence-corrected chi connectivity index (χ3v) is 10.1. The van der Waals surface area contributed by atoms with Gasteiger partial charge in [-0.3, -0.25) is 19.5 Å². The van der Waals surface area contributed by atoms with Gasteiger partial charge in [0.2, 0.25) is 5.91 Å². The maximum Gasteiger partial charge on any atom is 0.279 e. The molecule has 1 aromatic heterocycles. The number of benzene rings is 4. The molecule has 0 fully saturated rings. The Morgan fingerprint density at radius 3 is 2.58 bits per heavy atom. The second-order valence-corrected chi connectivity index (χ2v) is 13.5. The van der Waals surface area contributed by atoms with Gasteiger partial charge in [-0.05, 0) is 65.6 Å². The normalized spacial score (nSPS) is 19.6. The van der Waals surface area contributed by atoms with Gasteiger partial charge in [0.15, 0.2) is 5.60 Å². The number of amides is 2. The fourth-order valence-corrected chi connectivity index (χ4v) is 7.33. The molecule has 48 heavy (non-hydrogen) atoms. The van der Waals surface area contributed by atoms with E-state index >= 15 is 0 Å². The van der Waals surface area contributed by atoms with Crippen LogP contribution in [0.4, 0.5) is 5.69 Å². The molecule has 3 N–H and O–H groups in total. The monoisotopic (exact) mass is 706 g/mol. The zero-order valence-corrected chi connectivity index (χ0v) is 27.9. The average molecular weight is 708 g/mol. The number of halogens is 1. The standard InChI is InChI=1S/C38H35BrN4O5/c1-24(8-6-15-35(45)41-22-27-11-3-2-10-26(27)19-30(41)23-44)38(48)32-20-28(39)16-17-34(32)42(37(38)47)21-25-9-7-12-29(18-25)43-36(46)31-13-4-5-14-33(31)40-43/h2-14,16-18,20,24,30,40,44,48H,15,19,21-23H2,1H3/b8-6+/t24-,30-,38+/m0/s1. The highest BCUT2D eigenvalue weighted by Crippen LogP contribution is 2.46. The summed E-state index contributed by atoms with van der Waals surface area (Å²) in [6, 6.07) is 27.8. The summed E-state index contributed by atoms with van der Waals surface area (Å²) in [4.78, 5) is 43.9. The lowest BCUT2D eigenvalue weighted by atomic mass is 9.83. The van der Waals surface area contributed by atoms with E-state index in [2.05, 4.69) is 21.0 Å². The van der Waals surface area contributed by atoms with E-state index in [4.69, 9.17) is 0 Å². The molecule has 0 saturated heterocycles. The van der Waals surface area contributed by atoms with Crippen LogP contribution >= 0.6 is 15.9 Å². The smallest absolute Gasteiger partial charge is 0.279 e. The van der Waals surface area contributed by atoms with Gasteiger partial charge >= 0.3 is 0 Å². The van der Waals surface area contributed by atoms with Crippen LogP contribution in [0.5, 0.6) is 0 Å². The van der Waals surface area contributed by atoms with Crippen molar-refractivity contribution < 1.29 is 19.8 Å². The van der Waals surface area contributed by atoms with Crippen LogP contribution in [0.2, 0.25) is 0 Å². The molecule has 244 valence electrons. The molecule has 0 bridgehead atoms. The molecule has 0 saturated carbocycles. The van der Waals surface area contributed by atoms with Crippen molar-refractivity contribution in [1.29, 1.82) is 0 Å². The lowest BCUT2D eigenvalue weighted by Crippen LogP contribution is -2.46. The van der Waals surface area contributed by atoms with Crippen molar-refractivity contribution in [3.05, 3.63) is 140 Å².